The SMILES string of the molecule is CC(C)=CC(=O)Nc1ccc(NC(=O)C(C)n2cncn2)cc1. The van der Waals surface area contributed by atoms with Crippen molar-refractivity contribution in [1.29, 1.82) is 0 Å². The molecule has 23 heavy (non-hydrogen) atoms. The number of rotatable bonds is 5. The van der Waals surface area contributed by atoms with Crippen LogP contribution in [-0.2, 0) is 9.59 Å². The van der Waals surface area contributed by atoms with Crippen molar-refractivity contribution in [3.05, 3.63) is 48.6 Å². The van der Waals surface area contributed by atoms with Crippen molar-refractivity contribution in [2.75, 3.05) is 10.6 Å². The van der Waals surface area contributed by atoms with Crippen LogP contribution in [0.2, 0.25) is 0 Å². The maximum absolute atomic E-state index is 12.1. The average Bonchev–Trinajstić information content (AvgIpc) is 3.01. The van der Waals surface area contributed by atoms with Crippen LogP contribution < -0.4 is 10.6 Å². The van der Waals surface area contributed by atoms with E-state index in [1.807, 2.05) is 13.8 Å². The van der Waals surface area contributed by atoms with Crippen molar-refractivity contribution in [3.8, 4) is 0 Å². The highest BCUT2D eigenvalue weighted by molar-refractivity contribution is 6.00. The van der Waals surface area contributed by atoms with E-state index in [0.29, 0.717) is 11.4 Å². The van der Waals surface area contributed by atoms with Crippen molar-refractivity contribution in [2.24, 2.45) is 0 Å². The molecule has 2 aromatic rings. The van der Waals surface area contributed by atoms with Crippen LogP contribution >= 0.6 is 0 Å². The van der Waals surface area contributed by atoms with Crippen LogP contribution in [0, 0.1) is 0 Å². The van der Waals surface area contributed by atoms with E-state index < -0.39 is 6.04 Å². The number of benzene rings is 1. The second kappa shape index (κ2) is 7.35. The molecule has 0 radical (unpaired) electrons. The third-order valence-corrected chi connectivity index (χ3v) is 3.05. The average molecular weight is 313 g/mol. The quantitative estimate of drug-likeness (QED) is 0.829. The first-order chi connectivity index (χ1) is 11.0. The number of hydrogen-bond acceptors (Lipinski definition) is 4. The van der Waals surface area contributed by atoms with Crippen LogP contribution in [0.5, 0.6) is 0 Å². The number of amides is 2. The van der Waals surface area contributed by atoms with Crippen LogP contribution in [-0.4, -0.2) is 26.6 Å². The van der Waals surface area contributed by atoms with Gasteiger partial charge >= 0.3 is 0 Å². The number of carbonyl (C=O) groups excluding carboxylic acids is 2. The molecule has 1 atom stereocenters. The summed E-state index contributed by atoms with van der Waals surface area (Å²) in [5.74, 6) is -0.376. The zero-order valence-corrected chi connectivity index (χ0v) is 13.3. The van der Waals surface area contributed by atoms with Gasteiger partial charge in [0.25, 0.3) is 0 Å². The first-order valence-corrected chi connectivity index (χ1v) is 7.16. The van der Waals surface area contributed by atoms with Crippen molar-refractivity contribution in [2.45, 2.75) is 26.8 Å². The summed E-state index contributed by atoms with van der Waals surface area (Å²) >= 11 is 0. The Bertz CT molecular complexity index is 701. The molecule has 7 heteroatoms. The van der Waals surface area contributed by atoms with Gasteiger partial charge in [-0.15, -0.1) is 0 Å². The first kappa shape index (κ1) is 16.4. The van der Waals surface area contributed by atoms with Crippen molar-refractivity contribution in [3.63, 3.8) is 0 Å². The minimum absolute atomic E-state index is 0.179. The Hall–Kier alpha value is -2.96. The normalized spacial score (nSPS) is 11.4. The van der Waals surface area contributed by atoms with Gasteiger partial charge in [-0.1, -0.05) is 5.57 Å². The third kappa shape index (κ3) is 4.77. The summed E-state index contributed by atoms with van der Waals surface area (Å²) in [5.41, 5.74) is 2.23. The van der Waals surface area contributed by atoms with E-state index in [0.717, 1.165) is 5.57 Å². The summed E-state index contributed by atoms with van der Waals surface area (Å²) in [6.07, 6.45) is 4.40. The fraction of sp³-hybridized carbons (Fsp3) is 0.250. The van der Waals surface area contributed by atoms with Gasteiger partial charge in [-0.25, -0.2) is 9.67 Å². The van der Waals surface area contributed by atoms with Crippen LogP contribution in [0.3, 0.4) is 0 Å². The summed E-state index contributed by atoms with van der Waals surface area (Å²) in [4.78, 5) is 27.6. The molecule has 0 aliphatic carbocycles. The summed E-state index contributed by atoms with van der Waals surface area (Å²) < 4.78 is 1.48. The lowest BCUT2D eigenvalue weighted by molar-refractivity contribution is -0.119. The van der Waals surface area contributed by atoms with Crippen LogP contribution in [0.1, 0.15) is 26.8 Å². The molecule has 2 rings (SSSR count). The van der Waals surface area contributed by atoms with E-state index in [1.165, 1.54) is 23.4 Å². The number of aromatic nitrogens is 3. The van der Waals surface area contributed by atoms with Crippen LogP contribution in [0.25, 0.3) is 0 Å². The summed E-state index contributed by atoms with van der Waals surface area (Å²) in [5, 5.41) is 9.48. The van der Waals surface area contributed by atoms with E-state index in [-0.39, 0.29) is 11.8 Å². The largest absolute Gasteiger partial charge is 0.324 e. The Kier molecular flexibility index (Phi) is 5.24. The lowest BCUT2D eigenvalue weighted by Crippen LogP contribution is -2.24. The second-order valence-electron chi connectivity index (χ2n) is 5.33. The van der Waals surface area contributed by atoms with E-state index in [4.69, 9.17) is 0 Å². The maximum atomic E-state index is 12.1. The molecule has 0 saturated heterocycles. The zero-order chi connectivity index (χ0) is 16.8. The monoisotopic (exact) mass is 313 g/mol. The summed E-state index contributed by atoms with van der Waals surface area (Å²) in [6.45, 7) is 5.45. The maximum Gasteiger partial charge on any atom is 0.249 e. The molecule has 0 fully saturated rings. The Morgan fingerprint density at radius 2 is 1.74 bits per heavy atom. The summed E-state index contributed by atoms with van der Waals surface area (Å²) in [6, 6.07) is 6.45. The number of nitrogens with zero attached hydrogens (tertiary/aromatic N) is 3. The van der Waals surface area contributed by atoms with Gasteiger partial charge in [-0.05, 0) is 45.0 Å². The smallest absolute Gasteiger partial charge is 0.249 e. The number of anilines is 2. The van der Waals surface area contributed by atoms with E-state index in [2.05, 4.69) is 20.7 Å². The number of allylic oxidation sites excluding steroid dienone is 1. The van der Waals surface area contributed by atoms with Gasteiger partial charge in [-0.3, -0.25) is 9.59 Å². The highest BCUT2D eigenvalue weighted by atomic mass is 16.2. The van der Waals surface area contributed by atoms with E-state index >= 15 is 0 Å². The molecule has 0 saturated carbocycles. The van der Waals surface area contributed by atoms with Crippen molar-refractivity contribution >= 4 is 23.2 Å². The molecule has 0 aliphatic heterocycles. The molecule has 1 aromatic carbocycles. The molecule has 2 N–H and O–H groups in total. The Morgan fingerprint density at radius 3 is 2.26 bits per heavy atom. The van der Waals surface area contributed by atoms with Crippen LogP contribution in [0.15, 0.2) is 48.6 Å². The molecule has 1 unspecified atom stereocenters. The fourth-order valence-electron chi connectivity index (χ4n) is 1.86. The standard InChI is InChI=1S/C16H19N5O2/c1-11(2)8-15(22)19-13-4-6-14(7-5-13)20-16(23)12(3)21-10-17-9-18-21/h4-10,12H,1-3H3,(H,19,22)(H,20,23). The van der Waals surface area contributed by atoms with Gasteiger partial charge in [0.2, 0.25) is 11.8 Å². The molecule has 1 aromatic heterocycles. The molecule has 120 valence electrons. The van der Waals surface area contributed by atoms with E-state index in [1.54, 1.807) is 31.2 Å². The molecule has 7 nitrogen and oxygen atoms in total. The second-order valence-corrected chi connectivity index (χ2v) is 5.33. The Labute approximate surface area is 134 Å². The zero-order valence-electron chi connectivity index (χ0n) is 13.3. The number of nitrogens with one attached hydrogen (secondary N) is 2. The molecule has 2 amide bonds. The predicted octanol–water partition coefficient (Wildman–Crippen LogP) is 2.38. The molecule has 0 bridgehead atoms. The number of hydrogen-bond donors (Lipinski definition) is 2. The Morgan fingerprint density at radius 1 is 1.13 bits per heavy atom. The third-order valence-electron chi connectivity index (χ3n) is 3.05. The van der Waals surface area contributed by atoms with Gasteiger partial charge in [-0.2, -0.15) is 5.10 Å². The summed E-state index contributed by atoms with van der Waals surface area (Å²) in [7, 11) is 0. The topological polar surface area (TPSA) is 88.9 Å². The molecule has 0 aliphatic rings. The predicted molar refractivity (Wildman–Crippen MR) is 87.9 cm³/mol. The first-order valence-electron chi connectivity index (χ1n) is 7.16. The minimum atomic E-state index is -0.463. The Balaban J connectivity index is 1.96. The molecule has 1 heterocycles. The minimum Gasteiger partial charge on any atom is -0.324 e. The van der Waals surface area contributed by atoms with Gasteiger partial charge in [0.1, 0.15) is 18.7 Å². The molecule has 0 spiro atoms. The lowest BCUT2D eigenvalue weighted by atomic mass is 10.2. The van der Waals surface area contributed by atoms with Gasteiger partial charge in [0.15, 0.2) is 0 Å². The van der Waals surface area contributed by atoms with Gasteiger partial charge < -0.3 is 10.6 Å². The molecular formula is C16H19N5O2. The lowest BCUT2D eigenvalue weighted by Gasteiger charge is -2.12. The molecular weight excluding hydrogens is 294 g/mol. The van der Waals surface area contributed by atoms with Gasteiger partial charge in [0.05, 0.1) is 0 Å². The van der Waals surface area contributed by atoms with Crippen molar-refractivity contribution < 1.29 is 9.59 Å². The van der Waals surface area contributed by atoms with Crippen LogP contribution in [0.4, 0.5) is 11.4 Å². The van der Waals surface area contributed by atoms with Gasteiger partial charge in [0, 0.05) is 17.5 Å². The van der Waals surface area contributed by atoms with E-state index in [9.17, 15) is 9.59 Å². The van der Waals surface area contributed by atoms with Crippen molar-refractivity contribution in [1.82, 2.24) is 14.8 Å². The fourth-order valence-corrected chi connectivity index (χ4v) is 1.86. The highest BCUT2D eigenvalue weighted by Crippen LogP contribution is 2.15. The highest BCUT2D eigenvalue weighted by Gasteiger charge is 2.15. The number of carbonyl (C=O) groups is 2.